The third-order valence-electron chi connectivity index (χ3n) is 3.81. The Bertz CT molecular complexity index is 930. The van der Waals surface area contributed by atoms with Crippen LogP contribution in [0.4, 0.5) is 0 Å². The van der Waals surface area contributed by atoms with Gasteiger partial charge >= 0.3 is 0 Å². The predicted octanol–water partition coefficient (Wildman–Crippen LogP) is 3.32. The van der Waals surface area contributed by atoms with E-state index < -0.39 is 5.91 Å². The van der Waals surface area contributed by atoms with Crippen LogP contribution in [0.25, 0.3) is 22.0 Å². The summed E-state index contributed by atoms with van der Waals surface area (Å²) in [6.45, 7) is 4.17. The van der Waals surface area contributed by atoms with Crippen LogP contribution in [-0.4, -0.2) is 15.9 Å². The first-order chi connectivity index (χ1) is 11.0. The normalized spacial score (nSPS) is 10.9. The molecule has 0 saturated heterocycles. The third kappa shape index (κ3) is 2.67. The largest absolute Gasteiger partial charge is 0.364 e. The minimum Gasteiger partial charge on any atom is -0.364 e. The van der Waals surface area contributed by atoms with Crippen molar-refractivity contribution in [2.75, 3.05) is 0 Å². The molecule has 0 unspecified atom stereocenters. The van der Waals surface area contributed by atoms with Crippen LogP contribution >= 0.6 is 0 Å². The number of primary amides is 1. The summed E-state index contributed by atoms with van der Waals surface area (Å²) >= 11 is 0. The highest BCUT2D eigenvalue weighted by Gasteiger charge is 2.13. The van der Waals surface area contributed by atoms with Crippen molar-refractivity contribution in [3.63, 3.8) is 0 Å². The number of carbonyl (C=O) groups excluding carboxylic acids is 1. The standard InChI is InChI=1S/C18H16N4O/c1-10(2)15-4-3-12(9-21-15)14-6-11(8-19)5-13-7-16(18(20)23)22-17(13)14/h3-7,9-10,22H,1-2H3,(H2,20,23). The second-order valence-corrected chi connectivity index (χ2v) is 5.77. The number of pyridine rings is 1. The Kier molecular flexibility index (Phi) is 3.59. The van der Waals surface area contributed by atoms with Gasteiger partial charge in [-0.1, -0.05) is 19.9 Å². The Morgan fingerprint density at radius 1 is 1.30 bits per heavy atom. The van der Waals surface area contributed by atoms with Crippen LogP contribution in [0.2, 0.25) is 0 Å². The van der Waals surface area contributed by atoms with E-state index in [0.29, 0.717) is 17.2 Å². The lowest BCUT2D eigenvalue weighted by molar-refractivity contribution is 0.0996. The number of H-pyrrole nitrogens is 1. The lowest BCUT2D eigenvalue weighted by Crippen LogP contribution is -2.10. The zero-order valence-corrected chi connectivity index (χ0v) is 12.9. The van der Waals surface area contributed by atoms with Gasteiger partial charge in [0, 0.05) is 28.4 Å². The molecule has 0 fully saturated rings. The molecule has 5 nitrogen and oxygen atoms in total. The second-order valence-electron chi connectivity index (χ2n) is 5.77. The molecule has 3 rings (SSSR count). The first-order valence-corrected chi connectivity index (χ1v) is 7.32. The molecule has 0 radical (unpaired) electrons. The van der Waals surface area contributed by atoms with Crippen molar-refractivity contribution in [2.24, 2.45) is 5.73 Å². The predicted molar refractivity (Wildman–Crippen MR) is 88.9 cm³/mol. The molecule has 2 aromatic heterocycles. The Hall–Kier alpha value is -3.13. The molecular weight excluding hydrogens is 288 g/mol. The number of hydrogen-bond acceptors (Lipinski definition) is 3. The van der Waals surface area contributed by atoms with Crippen molar-refractivity contribution in [1.82, 2.24) is 9.97 Å². The minimum atomic E-state index is -0.529. The lowest BCUT2D eigenvalue weighted by Gasteiger charge is -2.08. The van der Waals surface area contributed by atoms with Crippen LogP contribution in [0.3, 0.4) is 0 Å². The zero-order valence-electron chi connectivity index (χ0n) is 12.9. The lowest BCUT2D eigenvalue weighted by atomic mass is 10.0. The van der Waals surface area contributed by atoms with Gasteiger partial charge in [0.15, 0.2) is 0 Å². The number of nitrogens with two attached hydrogens (primary N) is 1. The smallest absolute Gasteiger partial charge is 0.265 e. The number of aromatic amines is 1. The Morgan fingerprint density at radius 3 is 2.65 bits per heavy atom. The number of aromatic nitrogens is 2. The number of nitriles is 1. The molecule has 3 aromatic rings. The van der Waals surface area contributed by atoms with Gasteiger partial charge in [0.1, 0.15) is 5.69 Å². The number of nitrogens with one attached hydrogen (secondary N) is 1. The van der Waals surface area contributed by atoms with Crippen LogP contribution in [0, 0.1) is 11.3 Å². The molecule has 0 saturated carbocycles. The molecule has 0 aliphatic heterocycles. The van der Waals surface area contributed by atoms with Crippen molar-refractivity contribution in [2.45, 2.75) is 19.8 Å². The van der Waals surface area contributed by atoms with Crippen molar-refractivity contribution < 1.29 is 4.79 Å². The molecule has 1 amide bonds. The number of benzene rings is 1. The number of fused-ring (bicyclic) bond motifs is 1. The van der Waals surface area contributed by atoms with Gasteiger partial charge < -0.3 is 10.7 Å². The molecule has 0 aliphatic carbocycles. The fourth-order valence-corrected chi connectivity index (χ4v) is 2.58. The van der Waals surface area contributed by atoms with E-state index in [-0.39, 0.29) is 0 Å². The minimum absolute atomic E-state index is 0.322. The Morgan fingerprint density at radius 2 is 2.09 bits per heavy atom. The molecule has 0 atom stereocenters. The second kappa shape index (κ2) is 5.58. The average molecular weight is 304 g/mol. The summed E-state index contributed by atoms with van der Waals surface area (Å²) in [7, 11) is 0. The summed E-state index contributed by atoms with van der Waals surface area (Å²) < 4.78 is 0. The van der Waals surface area contributed by atoms with Crippen LogP contribution in [-0.2, 0) is 0 Å². The maximum atomic E-state index is 11.4. The monoisotopic (exact) mass is 304 g/mol. The van der Waals surface area contributed by atoms with E-state index in [4.69, 9.17) is 5.73 Å². The van der Waals surface area contributed by atoms with E-state index in [2.05, 4.69) is 29.9 Å². The van der Waals surface area contributed by atoms with E-state index in [1.54, 1.807) is 24.4 Å². The van der Waals surface area contributed by atoms with Gasteiger partial charge in [-0.25, -0.2) is 0 Å². The summed E-state index contributed by atoms with van der Waals surface area (Å²) in [6.07, 6.45) is 1.79. The van der Waals surface area contributed by atoms with Crippen molar-refractivity contribution in [3.05, 3.63) is 53.5 Å². The van der Waals surface area contributed by atoms with Gasteiger partial charge in [0.25, 0.3) is 5.91 Å². The topological polar surface area (TPSA) is 95.6 Å². The van der Waals surface area contributed by atoms with Gasteiger partial charge in [-0.2, -0.15) is 5.26 Å². The quantitative estimate of drug-likeness (QED) is 0.776. The molecule has 2 heterocycles. The molecule has 114 valence electrons. The van der Waals surface area contributed by atoms with Crippen LogP contribution in [0.15, 0.2) is 36.5 Å². The number of nitrogens with zero attached hydrogens (tertiary/aromatic N) is 2. The van der Waals surface area contributed by atoms with E-state index in [1.165, 1.54) is 0 Å². The maximum absolute atomic E-state index is 11.4. The Labute approximate surface area is 133 Å². The first kappa shape index (κ1) is 14.8. The molecule has 1 aromatic carbocycles. The highest BCUT2D eigenvalue weighted by Crippen LogP contribution is 2.30. The van der Waals surface area contributed by atoms with Crippen LogP contribution in [0.5, 0.6) is 0 Å². The summed E-state index contributed by atoms with van der Waals surface area (Å²) in [5, 5.41) is 10.0. The van der Waals surface area contributed by atoms with Gasteiger partial charge in [0.05, 0.1) is 17.1 Å². The molecule has 0 spiro atoms. The number of rotatable bonds is 3. The van der Waals surface area contributed by atoms with Crippen molar-refractivity contribution >= 4 is 16.8 Å². The van der Waals surface area contributed by atoms with Gasteiger partial charge in [-0.05, 0) is 30.2 Å². The molecule has 5 heteroatoms. The van der Waals surface area contributed by atoms with Crippen molar-refractivity contribution in [1.29, 1.82) is 5.26 Å². The SMILES string of the molecule is CC(C)c1ccc(-c2cc(C#N)cc3cc(C(N)=O)[nH]c23)cn1. The highest BCUT2D eigenvalue weighted by molar-refractivity contribution is 6.02. The fourth-order valence-electron chi connectivity index (χ4n) is 2.58. The van der Waals surface area contributed by atoms with Crippen molar-refractivity contribution in [3.8, 4) is 17.2 Å². The summed E-state index contributed by atoms with van der Waals surface area (Å²) in [6, 6.07) is 11.3. The molecule has 23 heavy (non-hydrogen) atoms. The van der Waals surface area contributed by atoms with Crippen LogP contribution < -0.4 is 5.73 Å². The summed E-state index contributed by atoms with van der Waals surface area (Å²) in [4.78, 5) is 18.9. The van der Waals surface area contributed by atoms with E-state index in [9.17, 15) is 10.1 Å². The molecule has 0 aliphatic rings. The van der Waals surface area contributed by atoms with E-state index in [0.717, 1.165) is 27.7 Å². The highest BCUT2D eigenvalue weighted by atomic mass is 16.1. The summed E-state index contributed by atoms with van der Waals surface area (Å²) in [5.74, 6) is -0.180. The maximum Gasteiger partial charge on any atom is 0.265 e. The van der Waals surface area contributed by atoms with E-state index >= 15 is 0 Å². The van der Waals surface area contributed by atoms with E-state index in [1.807, 2.05) is 12.1 Å². The molecule has 3 N–H and O–H groups in total. The fraction of sp³-hybridized carbons (Fsp3) is 0.167. The third-order valence-corrected chi connectivity index (χ3v) is 3.81. The van der Waals surface area contributed by atoms with Gasteiger partial charge in [-0.15, -0.1) is 0 Å². The van der Waals surface area contributed by atoms with Gasteiger partial charge in [-0.3, -0.25) is 9.78 Å². The number of carbonyl (C=O) groups is 1. The average Bonchev–Trinajstić information content (AvgIpc) is 2.98. The summed E-state index contributed by atoms with van der Waals surface area (Å²) in [5.41, 5.74) is 9.68. The molecular formula is C18H16N4O. The molecule has 0 bridgehead atoms. The van der Waals surface area contributed by atoms with Crippen LogP contribution in [0.1, 0.15) is 41.5 Å². The zero-order chi connectivity index (χ0) is 16.6. The Balaban J connectivity index is 2.22. The number of amides is 1. The first-order valence-electron chi connectivity index (χ1n) is 7.32. The number of hydrogen-bond donors (Lipinski definition) is 2. The van der Waals surface area contributed by atoms with Gasteiger partial charge in [0.2, 0.25) is 0 Å².